The SMILES string of the molecule is CCNc1ccc(C(=O)N(C)Cc2n[nH]c(C)n2)cc1. The number of aromatic nitrogens is 3. The minimum absolute atomic E-state index is 0.0458. The van der Waals surface area contributed by atoms with E-state index in [0.717, 1.165) is 18.1 Å². The fourth-order valence-electron chi connectivity index (χ4n) is 1.90. The number of aryl methyl sites for hydroxylation is 1. The van der Waals surface area contributed by atoms with Gasteiger partial charge in [-0.2, -0.15) is 5.10 Å². The Morgan fingerprint density at radius 1 is 1.35 bits per heavy atom. The Bertz CT molecular complexity index is 576. The van der Waals surface area contributed by atoms with Crippen LogP contribution in [0.25, 0.3) is 0 Å². The largest absolute Gasteiger partial charge is 0.385 e. The van der Waals surface area contributed by atoms with Crippen molar-refractivity contribution >= 4 is 11.6 Å². The molecule has 0 atom stereocenters. The highest BCUT2D eigenvalue weighted by molar-refractivity contribution is 5.94. The predicted molar refractivity (Wildman–Crippen MR) is 77.5 cm³/mol. The summed E-state index contributed by atoms with van der Waals surface area (Å²) in [5.74, 6) is 1.31. The lowest BCUT2D eigenvalue weighted by atomic mass is 10.2. The molecular weight excluding hydrogens is 254 g/mol. The second-order valence-electron chi connectivity index (χ2n) is 4.61. The van der Waals surface area contributed by atoms with Crippen LogP contribution in [0.5, 0.6) is 0 Å². The van der Waals surface area contributed by atoms with Gasteiger partial charge >= 0.3 is 0 Å². The van der Waals surface area contributed by atoms with Crippen LogP contribution in [-0.4, -0.2) is 39.6 Å². The van der Waals surface area contributed by atoms with E-state index in [4.69, 9.17) is 0 Å². The highest BCUT2D eigenvalue weighted by Gasteiger charge is 2.13. The van der Waals surface area contributed by atoms with Crippen molar-refractivity contribution in [3.05, 3.63) is 41.5 Å². The number of amides is 1. The second-order valence-corrected chi connectivity index (χ2v) is 4.61. The molecule has 0 saturated heterocycles. The van der Waals surface area contributed by atoms with E-state index in [1.807, 2.05) is 38.1 Å². The molecule has 1 aromatic heterocycles. The van der Waals surface area contributed by atoms with E-state index in [2.05, 4.69) is 20.5 Å². The monoisotopic (exact) mass is 273 g/mol. The molecule has 0 fully saturated rings. The molecule has 106 valence electrons. The summed E-state index contributed by atoms with van der Waals surface area (Å²) in [6, 6.07) is 7.45. The van der Waals surface area contributed by atoms with Crippen molar-refractivity contribution in [2.45, 2.75) is 20.4 Å². The van der Waals surface area contributed by atoms with E-state index >= 15 is 0 Å². The summed E-state index contributed by atoms with van der Waals surface area (Å²) in [7, 11) is 1.74. The number of nitrogens with one attached hydrogen (secondary N) is 2. The topological polar surface area (TPSA) is 73.9 Å². The lowest BCUT2D eigenvalue weighted by Crippen LogP contribution is -2.26. The summed E-state index contributed by atoms with van der Waals surface area (Å²) in [5, 5.41) is 9.99. The minimum atomic E-state index is -0.0458. The average molecular weight is 273 g/mol. The van der Waals surface area contributed by atoms with Gasteiger partial charge in [0.15, 0.2) is 5.82 Å². The lowest BCUT2D eigenvalue weighted by molar-refractivity contribution is 0.0781. The molecule has 2 aromatic rings. The first-order valence-electron chi connectivity index (χ1n) is 6.57. The number of anilines is 1. The minimum Gasteiger partial charge on any atom is -0.385 e. The fraction of sp³-hybridized carbons (Fsp3) is 0.357. The van der Waals surface area contributed by atoms with E-state index in [0.29, 0.717) is 17.9 Å². The molecule has 0 unspecified atom stereocenters. The molecule has 0 bridgehead atoms. The third-order valence-electron chi connectivity index (χ3n) is 2.88. The molecule has 0 spiro atoms. The van der Waals surface area contributed by atoms with Crippen LogP contribution in [0.1, 0.15) is 28.9 Å². The molecule has 0 saturated carbocycles. The van der Waals surface area contributed by atoms with Crippen LogP contribution in [0, 0.1) is 6.92 Å². The number of aromatic amines is 1. The summed E-state index contributed by atoms with van der Waals surface area (Å²) in [4.78, 5) is 18.1. The fourth-order valence-corrected chi connectivity index (χ4v) is 1.90. The van der Waals surface area contributed by atoms with Gasteiger partial charge in [-0.15, -0.1) is 0 Å². The van der Waals surface area contributed by atoms with Gasteiger partial charge in [0.05, 0.1) is 6.54 Å². The Hall–Kier alpha value is -2.37. The van der Waals surface area contributed by atoms with Crippen LogP contribution >= 0.6 is 0 Å². The maximum atomic E-state index is 12.3. The molecule has 2 rings (SSSR count). The third-order valence-corrected chi connectivity index (χ3v) is 2.88. The normalized spacial score (nSPS) is 10.3. The maximum Gasteiger partial charge on any atom is 0.254 e. The Morgan fingerprint density at radius 3 is 2.60 bits per heavy atom. The van der Waals surface area contributed by atoms with Crippen LogP contribution in [0.15, 0.2) is 24.3 Å². The van der Waals surface area contributed by atoms with E-state index in [1.54, 1.807) is 11.9 Å². The number of hydrogen-bond donors (Lipinski definition) is 2. The van der Waals surface area contributed by atoms with E-state index < -0.39 is 0 Å². The van der Waals surface area contributed by atoms with Crippen LogP contribution in [0.3, 0.4) is 0 Å². The van der Waals surface area contributed by atoms with Crippen molar-refractivity contribution < 1.29 is 4.79 Å². The zero-order valence-corrected chi connectivity index (χ0v) is 12.0. The molecule has 6 heteroatoms. The highest BCUT2D eigenvalue weighted by Crippen LogP contribution is 2.11. The Labute approximate surface area is 118 Å². The first-order valence-corrected chi connectivity index (χ1v) is 6.57. The Balaban J connectivity index is 2.02. The maximum absolute atomic E-state index is 12.3. The molecule has 1 aromatic carbocycles. The number of carbonyl (C=O) groups excluding carboxylic acids is 1. The number of benzene rings is 1. The summed E-state index contributed by atoms with van der Waals surface area (Å²) >= 11 is 0. The molecule has 20 heavy (non-hydrogen) atoms. The molecular formula is C14H19N5O. The molecule has 1 amide bonds. The van der Waals surface area contributed by atoms with Gasteiger partial charge in [0.1, 0.15) is 5.82 Å². The van der Waals surface area contributed by atoms with Gasteiger partial charge in [-0.05, 0) is 38.1 Å². The van der Waals surface area contributed by atoms with Crippen LogP contribution in [-0.2, 0) is 6.54 Å². The molecule has 0 aliphatic rings. The van der Waals surface area contributed by atoms with Crippen molar-refractivity contribution in [2.75, 3.05) is 18.9 Å². The molecule has 2 N–H and O–H groups in total. The zero-order chi connectivity index (χ0) is 14.5. The van der Waals surface area contributed by atoms with Gasteiger partial charge in [0.25, 0.3) is 5.91 Å². The van der Waals surface area contributed by atoms with Gasteiger partial charge in [0.2, 0.25) is 0 Å². The van der Waals surface area contributed by atoms with E-state index in [9.17, 15) is 4.79 Å². The van der Waals surface area contributed by atoms with Gasteiger partial charge < -0.3 is 10.2 Å². The predicted octanol–water partition coefficient (Wildman–Crippen LogP) is 1.82. The van der Waals surface area contributed by atoms with E-state index in [-0.39, 0.29) is 5.91 Å². The summed E-state index contributed by atoms with van der Waals surface area (Å²) < 4.78 is 0. The number of hydrogen-bond acceptors (Lipinski definition) is 4. The van der Waals surface area contributed by atoms with Crippen molar-refractivity contribution in [1.82, 2.24) is 20.1 Å². The molecule has 0 aliphatic heterocycles. The molecule has 0 radical (unpaired) electrons. The van der Waals surface area contributed by atoms with Gasteiger partial charge in [0, 0.05) is 24.8 Å². The number of nitrogens with zero attached hydrogens (tertiary/aromatic N) is 3. The van der Waals surface area contributed by atoms with Crippen molar-refractivity contribution in [3.8, 4) is 0 Å². The van der Waals surface area contributed by atoms with Gasteiger partial charge in [-0.3, -0.25) is 9.89 Å². The average Bonchev–Trinajstić information content (AvgIpc) is 2.84. The highest BCUT2D eigenvalue weighted by atomic mass is 16.2. The molecule has 1 heterocycles. The smallest absolute Gasteiger partial charge is 0.254 e. The summed E-state index contributed by atoms with van der Waals surface area (Å²) in [6.07, 6.45) is 0. The van der Waals surface area contributed by atoms with Crippen molar-refractivity contribution in [1.29, 1.82) is 0 Å². The summed E-state index contributed by atoms with van der Waals surface area (Å²) in [6.45, 7) is 5.11. The second kappa shape index (κ2) is 6.18. The quantitative estimate of drug-likeness (QED) is 0.871. The third kappa shape index (κ3) is 3.34. The first-order chi connectivity index (χ1) is 9.60. The van der Waals surface area contributed by atoms with Gasteiger partial charge in [-0.25, -0.2) is 4.98 Å². The van der Waals surface area contributed by atoms with Crippen LogP contribution in [0.4, 0.5) is 5.69 Å². The van der Waals surface area contributed by atoms with Gasteiger partial charge in [-0.1, -0.05) is 0 Å². The lowest BCUT2D eigenvalue weighted by Gasteiger charge is -2.15. The summed E-state index contributed by atoms with van der Waals surface area (Å²) in [5.41, 5.74) is 1.66. The van der Waals surface area contributed by atoms with Crippen LogP contribution < -0.4 is 5.32 Å². The van der Waals surface area contributed by atoms with E-state index in [1.165, 1.54) is 0 Å². The Morgan fingerprint density at radius 2 is 2.05 bits per heavy atom. The van der Waals surface area contributed by atoms with Crippen molar-refractivity contribution in [2.24, 2.45) is 0 Å². The standard InChI is InChI=1S/C14H19N5O/c1-4-15-12-7-5-11(6-8-12)14(20)19(3)9-13-16-10(2)17-18-13/h5-8,15H,4,9H2,1-3H3,(H,16,17,18). The van der Waals surface area contributed by atoms with Crippen LogP contribution in [0.2, 0.25) is 0 Å². The first kappa shape index (κ1) is 14.0. The number of carbonyl (C=O) groups is 1. The Kier molecular flexibility index (Phi) is 4.34. The number of rotatable bonds is 5. The van der Waals surface area contributed by atoms with Crippen molar-refractivity contribution in [3.63, 3.8) is 0 Å². The zero-order valence-electron chi connectivity index (χ0n) is 12.0. The molecule has 6 nitrogen and oxygen atoms in total. The number of H-pyrrole nitrogens is 1. The molecule has 0 aliphatic carbocycles.